The van der Waals surface area contributed by atoms with Crippen molar-refractivity contribution in [2.45, 2.75) is 32.7 Å². The minimum absolute atomic E-state index is 0.474. The molecule has 0 amide bonds. The molecule has 0 atom stereocenters. The van der Waals surface area contributed by atoms with E-state index in [1.54, 1.807) is 12.4 Å². The molecule has 0 unspecified atom stereocenters. The van der Waals surface area contributed by atoms with Crippen molar-refractivity contribution < 1.29 is 0 Å². The minimum atomic E-state index is 0.474. The van der Waals surface area contributed by atoms with Crippen LogP contribution in [0.4, 0.5) is 5.82 Å². The largest absolute Gasteiger partial charge is 0.367 e. The first-order valence-electron chi connectivity index (χ1n) is 5.67. The summed E-state index contributed by atoms with van der Waals surface area (Å²) in [6.45, 7) is 4.34. The van der Waals surface area contributed by atoms with E-state index in [0.29, 0.717) is 11.7 Å². The quantitative estimate of drug-likeness (QED) is 0.853. The molecule has 16 heavy (non-hydrogen) atoms. The van der Waals surface area contributed by atoms with Crippen molar-refractivity contribution in [3.05, 3.63) is 24.5 Å². The number of nitrogens with zero attached hydrogens (tertiary/aromatic N) is 3. The predicted molar refractivity (Wildman–Crippen MR) is 65.3 cm³/mol. The fraction of sp³-hybridized carbons (Fsp3) is 0.417. The summed E-state index contributed by atoms with van der Waals surface area (Å²) in [5.74, 6) is 0.877. The lowest BCUT2D eigenvalue weighted by atomic mass is 10.2. The first-order valence-corrected chi connectivity index (χ1v) is 5.67. The van der Waals surface area contributed by atoms with Gasteiger partial charge >= 0.3 is 0 Å². The van der Waals surface area contributed by atoms with Crippen molar-refractivity contribution in [2.75, 3.05) is 5.32 Å². The van der Waals surface area contributed by atoms with Crippen molar-refractivity contribution in [2.24, 2.45) is 0 Å². The summed E-state index contributed by atoms with van der Waals surface area (Å²) in [4.78, 5) is 12.8. The third-order valence-electron chi connectivity index (χ3n) is 2.67. The Morgan fingerprint density at radius 3 is 2.62 bits per heavy atom. The van der Waals surface area contributed by atoms with Gasteiger partial charge in [-0.05, 0) is 25.0 Å². The molecule has 0 aromatic carbocycles. The highest BCUT2D eigenvalue weighted by Gasteiger charge is 2.05. The zero-order valence-corrected chi connectivity index (χ0v) is 9.64. The summed E-state index contributed by atoms with van der Waals surface area (Å²) in [6.07, 6.45) is 5.53. The second-order valence-electron chi connectivity index (χ2n) is 3.75. The summed E-state index contributed by atoms with van der Waals surface area (Å²) < 4.78 is 0. The van der Waals surface area contributed by atoms with E-state index in [0.717, 1.165) is 24.2 Å². The molecule has 0 spiro atoms. The molecule has 0 aliphatic rings. The van der Waals surface area contributed by atoms with Crippen molar-refractivity contribution in [3.8, 4) is 0 Å². The highest BCUT2D eigenvalue weighted by atomic mass is 15.0. The standard InChI is InChI=1S/C12H16N4/c1-3-9(4-2)15-11-6-5-10-12(16-11)14-8-7-13-10/h5-9H,3-4H2,1-2H3,(H,14,15,16). The Balaban J connectivity index is 2.25. The second-order valence-corrected chi connectivity index (χ2v) is 3.75. The van der Waals surface area contributed by atoms with E-state index < -0.39 is 0 Å². The van der Waals surface area contributed by atoms with Gasteiger partial charge in [-0.15, -0.1) is 0 Å². The number of hydrogen-bond donors (Lipinski definition) is 1. The molecule has 0 aliphatic carbocycles. The summed E-state index contributed by atoms with van der Waals surface area (Å²) in [5, 5.41) is 3.39. The maximum absolute atomic E-state index is 4.43. The first-order chi connectivity index (χ1) is 7.83. The van der Waals surface area contributed by atoms with Gasteiger partial charge in [0.05, 0.1) is 0 Å². The van der Waals surface area contributed by atoms with E-state index in [1.165, 1.54) is 0 Å². The van der Waals surface area contributed by atoms with Crippen LogP contribution in [0, 0.1) is 0 Å². The highest BCUT2D eigenvalue weighted by Crippen LogP contribution is 2.12. The zero-order valence-electron chi connectivity index (χ0n) is 9.64. The van der Waals surface area contributed by atoms with Gasteiger partial charge in [0.1, 0.15) is 11.3 Å². The van der Waals surface area contributed by atoms with Gasteiger partial charge in [0.2, 0.25) is 0 Å². The number of fused-ring (bicyclic) bond motifs is 1. The molecule has 2 rings (SSSR count). The average molecular weight is 216 g/mol. The summed E-state index contributed by atoms with van der Waals surface area (Å²) >= 11 is 0. The lowest BCUT2D eigenvalue weighted by Gasteiger charge is -2.15. The van der Waals surface area contributed by atoms with Crippen LogP contribution in [0.3, 0.4) is 0 Å². The Hall–Kier alpha value is -1.71. The molecule has 4 heteroatoms. The summed E-state index contributed by atoms with van der Waals surface area (Å²) in [6, 6.07) is 4.37. The van der Waals surface area contributed by atoms with Crippen molar-refractivity contribution in [3.63, 3.8) is 0 Å². The van der Waals surface area contributed by atoms with E-state index in [9.17, 15) is 0 Å². The minimum Gasteiger partial charge on any atom is -0.367 e. The Morgan fingerprint density at radius 2 is 1.88 bits per heavy atom. The van der Waals surface area contributed by atoms with Gasteiger partial charge in [0.25, 0.3) is 0 Å². The van der Waals surface area contributed by atoms with Gasteiger partial charge in [-0.2, -0.15) is 0 Å². The molecule has 0 saturated heterocycles. The van der Waals surface area contributed by atoms with E-state index in [4.69, 9.17) is 0 Å². The number of rotatable bonds is 4. The first kappa shape index (κ1) is 10.8. The summed E-state index contributed by atoms with van der Waals surface area (Å²) in [5.41, 5.74) is 1.52. The smallest absolute Gasteiger partial charge is 0.180 e. The Labute approximate surface area is 95.1 Å². The van der Waals surface area contributed by atoms with Crippen LogP contribution in [-0.2, 0) is 0 Å². The van der Waals surface area contributed by atoms with E-state index in [2.05, 4.69) is 34.1 Å². The summed E-state index contributed by atoms with van der Waals surface area (Å²) in [7, 11) is 0. The van der Waals surface area contributed by atoms with Crippen LogP contribution in [0.15, 0.2) is 24.5 Å². The highest BCUT2D eigenvalue weighted by molar-refractivity contribution is 5.71. The van der Waals surface area contributed by atoms with Crippen LogP contribution in [0.5, 0.6) is 0 Å². The van der Waals surface area contributed by atoms with Gasteiger partial charge < -0.3 is 5.32 Å². The maximum atomic E-state index is 4.43. The van der Waals surface area contributed by atoms with Crippen molar-refractivity contribution >= 4 is 17.0 Å². The molecule has 2 aromatic heterocycles. The second kappa shape index (κ2) is 4.88. The third kappa shape index (κ3) is 2.27. The molecular formula is C12H16N4. The average Bonchev–Trinajstić information content (AvgIpc) is 2.35. The molecule has 2 heterocycles. The van der Waals surface area contributed by atoms with Gasteiger partial charge in [-0.1, -0.05) is 13.8 Å². The van der Waals surface area contributed by atoms with Crippen molar-refractivity contribution in [1.29, 1.82) is 0 Å². The fourth-order valence-electron chi connectivity index (χ4n) is 1.64. The molecule has 4 nitrogen and oxygen atoms in total. The van der Waals surface area contributed by atoms with Crippen LogP contribution >= 0.6 is 0 Å². The number of aromatic nitrogens is 3. The van der Waals surface area contributed by atoms with Crippen LogP contribution in [0.2, 0.25) is 0 Å². The molecule has 0 fully saturated rings. The van der Waals surface area contributed by atoms with Gasteiger partial charge in [0, 0.05) is 18.4 Å². The monoisotopic (exact) mass is 216 g/mol. The van der Waals surface area contributed by atoms with Crippen LogP contribution < -0.4 is 5.32 Å². The molecular weight excluding hydrogens is 200 g/mol. The molecule has 0 radical (unpaired) electrons. The van der Waals surface area contributed by atoms with Gasteiger partial charge in [-0.3, -0.25) is 4.98 Å². The Kier molecular flexibility index (Phi) is 3.29. The molecule has 0 aliphatic heterocycles. The molecule has 2 aromatic rings. The van der Waals surface area contributed by atoms with Crippen LogP contribution in [0.1, 0.15) is 26.7 Å². The predicted octanol–water partition coefficient (Wildman–Crippen LogP) is 2.63. The molecule has 1 N–H and O–H groups in total. The Bertz CT molecular complexity index is 465. The maximum Gasteiger partial charge on any atom is 0.180 e. The lowest BCUT2D eigenvalue weighted by Crippen LogP contribution is -2.17. The fourth-order valence-corrected chi connectivity index (χ4v) is 1.64. The Morgan fingerprint density at radius 1 is 1.12 bits per heavy atom. The number of nitrogens with one attached hydrogen (secondary N) is 1. The number of pyridine rings is 1. The van der Waals surface area contributed by atoms with Crippen molar-refractivity contribution in [1.82, 2.24) is 15.0 Å². The van der Waals surface area contributed by atoms with Gasteiger partial charge in [-0.25, -0.2) is 9.97 Å². The number of hydrogen-bond acceptors (Lipinski definition) is 4. The zero-order chi connectivity index (χ0) is 11.4. The van der Waals surface area contributed by atoms with E-state index in [-0.39, 0.29) is 0 Å². The topological polar surface area (TPSA) is 50.7 Å². The lowest BCUT2D eigenvalue weighted by molar-refractivity contribution is 0.669. The van der Waals surface area contributed by atoms with Gasteiger partial charge in [0.15, 0.2) is 5.65 Å². The van der Waals surface area contributed by atoms with Crippen LogP contribution in [-0.4, -0.2) is 21.0 Å². The third-order valence-corrected chi connectivity index (χ3v) is 2.67. The molecule has 0 saturated carbocycles. The molecule has 0 bridgehead atoms. The van der Waals surface area contributed by atoms with Crippen LogP contribution in [0.25, 0.3) is 11.2 Å². The SMILES string of the molecule is CCC(CC)Nc1ccc2nccnc2n1. The van der Waals surface area contributed by atoms with E-state index in [1.807, 2.05) is 12.1 Å². The normalized spacial score (nSPS) is 10.9. The molecule has 84 valence electrons. The number of anilines is 1. The van der Waals surface area contributed by atoms with E-state index >= 15 is 0 Å².